The molecule has 0 spiro atoms. The molecule has 0 aliphatic carbocycles. The van der Waals surface area contributed by atoms with E-state index in [4.69, 9.17) is 4.74 Å². The first kappa shape index (κ1) is 21.4. The van der Waals surface area contributed by atoms with Crippen molar-refractivity contribution in [2.24, 2.45) is 0 Å². The Morgan fingerprint density at radius 2 is 1.93 bits per heavy atom. The van der Waals surface area contributed by atoms with E-state index in [0.29, 0.717) is 18.2 Å². The van der Waals surface area contributed by atoms with Crippen LogP contribution in [0.15, 0.2) is 47.4 Å². The smallest absolute Gasteiger partial charge is 0.255 e. The molecule has 2 aromatic rings. The van der Waals surface area contributed by atoms with Crippen LogP contribution in [0, 0.1) is 5.82 Å². The molecule has 2 aromatic carbocycles. The van der Waals surface area contributed by atoms with Gasteiger partial charge in [0.05, 0.1) is 6.10 Å². The minimum atomic E-state index is -4.11. The van der Waals surface area contributed by atoms with Crippen LogP contribution in [0.3, 0.4) is 0 Å². The Bertz CT molecular complexity index is 969. The van der Waals surface area contributed by atoms with Crippen LogP contribution in [0.1, 0.15) is 48.5 Å². The summed E-state index contributed by atoms with van der Waals surface area (Å²) in [4.78, 5) is 12.0. The van der Waals surface area contributed by atoms with E-state index in [1.165, 1.54) is 6.07 Å². The molecule has 1 atom stereocenters. The van der Waals surface area contributed by atoms with Crippen molar-refractivity contribution in [1.29, 1.82) is 0 Å². The van der Waals surface area contributed by atoms with Crippen LogP contribution in [0.4, 0.5) is 10.1 Å². The molecule has 6 nitrogen and oxygen atoms in total. The minimum absolute atomic E-state index is 0.0526. The Kier molecular flexibility index (Phi) is 6.66. The van der Waals surface area contributed by atoms with Gasteiger partial charge in [-0.2, -0.15) is 0 Å². The standard InChI is InChI=1S/C21H25FN2O4S/c1-14(2)15-5-8-17(9-6-15)24-21(25)16-7-10-19(22)20(12-16)29(26,27)23-13-18-4-3-11-28-18/h5-10,12,14,18,23H,3-4,11,13H2,1-2H3,(H,24,25). The lowest BCUT2D eigenvalue weighted by molar-refractivity contribution is 0.102. The number of benzene rings is 2. The van der Waals surface area contributed by atoms with Crippen molar-refractivity contribution >= 4 is 21.6 Å². The van der Waals surface area contributed by atoms with Crippen LogP contribution < -0.4 is 10.0 Å². The molecule has 1 fully saturated rings. The van der Waals surface area contributed by atoms with Gasteiger partial charge in [0.15, 0.2) is 0 Å². The highest BCUT2D eigenvalue weighted by molar-refractivity contribution is 7.89. The number of hydrogen-bond acceptors (Lipinski definition) is 4. The molecule has 2 N–H and O–H groups in total. The first-order valence-corrected chi connectivity index (χ1v) is 11.1. The topological polar surface area (TPSA) is 84.5 Å². The van der Waals surface area contributed by atoms with E-state index in [1.807, 2.05) is 12.1 Å². The van der Waals surface area contributed by atoms with Gasteiger partial charge in [-0.25, -0.2) is 17.5 Å². The molecule has 1 heterocycles. The summed E-state index contributed by atoms with van der Waals surface area (Å²) in [6.45, 7) is 4.80. The van der Waals surface area contributed by atoms with Crippen molar-refractivity contribution in [3.8, 4) is 0 Å². The lowest BCUT2D eigenvalue weighted by Gasteiger charge is -2.13. The van der Waals surface area contributed by atoms with Gasteiger partial charge in [-0.05, 0) is 54.7 Å². The Morgan fingerprint density at radius 3 is 2.55 bits per heavy atom. The Balaban J connectivity index is 1.74. The van der Waals surface area contributed by atoms with E-state index in [2.05, 4.69) is 23.9 Å². The number of rotatable bonds is 7. The third-order valence-electron chi connectivity index (χ3n) is 4.84. The summed E-state index contributed by atoms with van der Waals surface area (Å²) < 4.78 is 47.0. The largest absolute Gasteiger partial charge is 0.377 e. The van der Waals surface area contributed by atoms with Gasteiger partial charge < -0.3 is 10.1 Å². The molecule has 29 heavy (non-hydrogen) atoms. The van der Waals surface area contributed by atoms with E-state index in [0.717, 1.165) is 30.5 Å². The number of amides is 1. The molecule has 1 amide bonds. The van der Waals surface area contributed by atoms with E-state index in [-0.39, 0.29) is 18.2 Å². The highest BCUT2D eigenvalue weighted by atomic mass is 32.2. The van der Waals surface area contributed by atoms with Crippen LogP contribution >= 0.6 is 0 Å². The van der Waals surface area contributed by atoms with Crippen molar-refractivity contribution in [1.82, 2.24) is 4.72 Å². The maximum absolute atomic E-state index is 14.2. The molecule has 0 aromatic heterocycles. The highest BCUT2D eigenvalue weighted by Crippen LogP contribution is 2.20. The number of nitrogens with one attached hydrogen (secondary N) is 2. The molecule has 3 rings (SSSR count). The maximum atomic E-state index is 14.2. The molecule has 1 aliphatic rings. The monoisotopic (exact) mass is 420 g/mol. The van der Waals surface area contributed by atoms with Gasteiger partial charge in [0.2, 0.25) is 10.0 Å². The quantitative estimate of drug-likeness (QED) is 0.716. The molecule has 0 bridgehead atoms. The SMILES string of the molecule is CC(C)c1ccc(NC(=O)c2ccc(F)c(S(=O)(=O)NCC3CCCO3)c2)cc1. The van der Waals surface area contributed by atoms with Gasteiger partial charge in [0.1, 0.15) is 10.7 Å². The fourth-order valence-corrected chi connectivity index (χ4v) is 4.26. The number of sulfonamides is 1. The third-order valence-corrected chi connectivity index (χ3v) is 6.28. The highest BCUT2D eigenvalue weighted by Gasteiger charge is 2.24. The van der Waals surface area contributed by atoms with Crippen LogP contribution in [0.5, 0.6) is 0 Å². The molecule has 1 unspecified atom stereocenters. The van der Waals surface area contributed by atoms with Crippen molar-refractivity contribution in [2.45, 2.75) is 43.6 Å². The molecule has 1 aliphatic heterocycles. The number of halogens is 1. The first-order valence-electron chi connectivity index (χ1n) is 9.58. The maximum Gasteiger partial charge on any atom is 0.255 e. The van der Waals surface area contributed by atoms with Crippen molar-refractivity contribution in [3.05, 3.63) is 59.4 Å². The zero-order chi connectivity index (χ0) is 21.0. The first-order chi connectivity index (χ1) is 13.8. The molecule has 8 heteroatoms. The summed E-state index contributed by atoms with van der Waals surface area (Å²) in [7, 11) is -4.11. The summed E-state index contributed by atoms with van der Waals surface area (Å²) in [5.41, 5.74) is 1.76. The van der Waals surface area contributed by atoms with Crippen molar-refractivity contribution < 1.29 is 22.3 Å². The van der Waals surface area contributed by atoms with Gasteiger partial charge in [0.25, 0.3) is 5.91 Å². The second-order valence-corrected chi connectivity index (χ2v) is 9.10. The number of carbonyl (C=O) groups excluding carboxylic acids is 1. The molecule has 0 saturated carbocycles. The van der Waals surface area contributed by atoms with Gasteiger partial charge in [-0.3, -0.25) is 4.79 Å². The third kappa shape index (κ3) is 5.41. The summed E-state index contributed by atoms with van der Waals surface area (Å²) in [6, 6.07) is 10.7. The average Bonchev–Trinajstić information content (AvgIpc) is 3.21. The predicted octanol–water partition coefficient (Wildman–Crippen LogP) is 3.66. The minimum Gasteiger partial charge on any atom is -0.377 e. The number of hydrogen-bond donors (Lipinski definition) is 2. The Labute approximate surface area is 170 Å². The zero-order valence-electron chi connectivity index (χ0n) is 16.4. The van der Waals surface area contributed by atoms with Gasteiger partial charge >= 0.3 is 0 Å². The van der Waals surface area contributed by atoms with E-state index >= 15 is 0 Å². The summed E-state index contributed by atoms with van der Waals surface area (Å²) in [5.74, 6) is -1.06. The van der Waals surface area contributed by atoms with Crippen LogP contribution in [-0.4, -0.2) is 33.6 Å². The van der Waals surface area contributed by atoms with Crippen molar-refractivity contribution in [2.75, 3.05) is 18.5 Å². The summed E-state index contributed by atoms with van der Waals surface area (Å²) in [6.07, 6.45) is 1.41. The summed E-state index contributed by atoms with van der Waals surface area (Å²) >= 11 is 0. The molecule has 0 radical (unpaired) electrons. The second-order valence-electron chi connectivity index (χ2n) is 7.36. The second kappa shape index (κ2) is 9.02. The number of ether oxygens (including phenoxy) is 1. The van der Waals surface area contributed by atoms with Crippen LogP contribution in [0.25, 0.3) is 0 Å². The Morgan fingerprint density at radius 1 is 1.21 bits per heavy atom. The molecular formula is C21H25FN2O4S. The van der Waals surface area contributed by atoms with Crippen LogP contribution in [-0.2, 0) is 14.8 Å². The van der Waals surface area contributed by atoms with Gasteiger partial charge in [-0.1, -0.05) is 26.0 Å². The summed E-state index contributed by atoms with van der Waals surface area (Å²) in [5, 5.41) is 2.70. The predicted molar refractivity (Wildman–Crippen MR) is 109 cm³/mol. The van der Waals surface area contributed by atoms with Gasteiger partial charge in [-0.15, -0.1) is 0 Å². The molecule has 1 saturated heterocycles. The molecule has 156 valence electrons. The average molecular weight is 421 g/mol. The fraction of sp³-hybridized carbons (Fsp3) is 0.381. The van der Waals surface area contributed by atoms with Crippen LogP contribution in [0.2, 0.25) is 0 Å². The normalized spacial score (nSPS) is 16.9. The lowest BCUT2D eigenvalue weighted by Crippen LogP contribution is -2.32. The molecular weight excluding hydrogens is 395 g/mol. The lowest BCUT2D eigenvalue weighted by atomic mass is 10.0. The van der Waals surface area contributed by atoms with E-state index in [1.54, 1.807) is 12.1 Å². The number of anilines is 1. The van der Waals surface area contributed by atoms with Crippen molar-refractivity contribution in [3.63, 3.8) is 0 Å². The van der Waals surface area contributed by atoms with E-state index < -0.39 is 26.6 Å². The Hall–Kier alpha value is -2.29. The fourth-order valence-electron chi connectivity index (χ4n) is 3.09. The number of carbonyl (C=O) groups is 1. The van der Waals surface area contributed by atoms with E-state index in [9.17, 15) is 17.6 Å². The van der Waals surface area contributed by atoms with Gasteiger partial charge in [0, 0.05) is 24.4 Å². The zero-order valence-corrected chi connectivity index (χ0v) is 17.3.